The van der Waals surface area contributed by atoms with Crippen LogP contribution in [0, 0.1) is 6.92 Å². The van der Waals surface area contributed by atoms with Crippen LogP contribution >= 0.6 is 0 Å². The van der Waals surface area contributed by atoms with E-state index in [1.165, 1.54) is 18.1 Å². The highest BCUT2D eigenvalue weighted by molar-refractivity contribution is 6.07. The van der Waals surface area contributed by atoms with Gasteiger partial charge in [0.1, 0.15) is 12.0 Å². The number of nitrogens with one attached hydrogen (secondary N) is 2. The van der Waals surface area contributed by atoms with Crippen molar-refractivity contribution >= 4 is 17.6 Å². The molecule has 24 heavy (non-hydrogen) atoms. The van der Waals surface area contributed by atoms with E-state index in [4.69, 9.17) is 4.74 Å². The predicted molar refractivity (Wildman–Crippen MR) is 84.0 cm³/mol. The molecule has 0 saturated carbocycles. The molecule has 3 aromatic rings. The molecular weight excluding hydrogens is 312 g/mol. The maximum atomic E-state index is 12.5. The Morgan fingerprint density at radius 2 is 2.12 bits per heavy atom. The molecule has 0 aliphatic carbocycles. The van der Waals surface area contributed by atoms with Crippen LogP contribution in [0.15, 0.2) is 36.7 Å². The molecule has 0 fully saturated rings. The van der Waals surface area contributed by atoms with Crippen molar-refractivity contribution in [2.75, 3.05) is 12.4 Å². The topological polar surface area (TPSA) is 115 Å². The Kier molecular flexibility index (Phi) is 4.06. The third-order valence-electron chi connectivity index (χ3n) is 3.31. The number of amides is 1. The van der Waals surface area contributed by atoms with E-state index >= 15 is 0 Å². The van der Waals surface area contributed by atoms with Gasteiger partial charge >= 0.3 is 5.97 Å². The van der Waals surface area contributed by atoms with E-state index in [0.717, 1.165) is 5.69 Å². The van der Waals surface area contributed by atoms with Gasteiger partial charge in [0.05, 0.1) is 18.5 Å². The number of hydrogen-bond donors (Lipinski definition) is 2. The zero-order valence-electron chi connectivity index (χ0n) is 13.0. The average molecular weight is 326 g/mol. The summed E-state index contributed by atoms with van der Waals surface area (Å²) in [5.41, 5.74) is 2.33. The smallest absolute Gasteiger partial charge is 0.356 e. The molecule has 1 amide bonds. The molecule has 3 rings (SSSR count). The SMILES string of the molecule is COC(=O)c1[nH]c(C)cc1NC(=O)c1cccc(-n2cnnn2)c1. The summed E-state index contributed by atoms with van der Waals surface area (Å²) in [6.45, 7) is 1.78. The lowest BCUT2D eigenvalue weighted by molar-refractivity contribution is 0.0596. The van der Waals surface area contributed by atoms with Crippen LogP contribution in [0.3, 0.4) is 0 Å². The number of benzene rings is 1. The molecule has 2 heterocycles. The number of esters is 1. The van der Waals surface area contributed by atoms with Crippen molar-refractivity contribution in [2.45, 2.75) is 6.92 Å². The fourth-order valence-corrected chi connectivity index (χ4v) is 2.21. The summed E-state index contributed by atoms with van der Waals surface area (Å²) >= 11 is 0. The van der Waals surface area contributed by atoms with Gasteiger partial charge in [0, 0.05) is 11.3 Å². The van der Waals surface area contributed by atoms with Gasteiger partial charge in [-0.1, -0.05) is 6.07 Å². The van der Waals surface area contributed by atoms with Gasteiger partial charge in [-0.25, -0.2) is 9.48 Å². The van der Waals surface area contributed by atoms with Gasteiger partial charge in [-0.05, 0) is 41.6 Å². The molecule has 9 heteroatoms. The minimum Gasteiger partial charge on any atom is -0.464 e. The summed E-state index contributed by atoms with van der Waals surface area (Å²) in [6, 6.07) is 8.45. The number of carbonyl (C=O) groups is 2. The predicted octanol–water partition coefficient (Wildman–Crippen LogP) is 1.34. The Morgan fingerprint density at radius 3 is 2.83 bits per heavy atom. The first-order valence-electron chi connectivity index (χ1n) is 7.01. The molecule has 0 unspecified atom stereocenters. The van der Waals surface area contributed by atoms with Crippen molar-refractivity contribution in [3.05, 3.63) is 53.6 Å². The molecule has 0 aliphatic rings. The van der Waals surface area contributed by atoms with Crippen LogP contribution in [0.4, 0.5) is 5.69 Å². The maximum Gasteiger partial charge on any atom is 0.356 e. The minimum absolute atomic E-state index is 0.194. The lowest BCUT2D eigenvalue weighted by atomic mass is 10.2. The maximum absolute atomic E-state index is 12.5. The minimum atomic E-state index is -0.555. The van der Waals surface area contributed by atoms with Crippen LogP contribution in [0.5, 0.6) is 0 Å². The van der Waals surface area contributed by atoms with Gasteiger partial charge in [-0.3, -0.25) is 4.79 Å². The van der Waals surface area contributed by atoms with Crippen LogP contribution in [0.1, 0.15) is 26.5 Å². The molecule has 2 N–H and O–H groups in total. The number of ether oxygens (including phenoxy) is 1. The summed E-state index contributed by atoms with van der Waals surface area (Å²) in [4.78, 5) is 27.1. The summed E-state index contributed by atoms with van der Waals surface area (Å²) in [5.74, 6) is -0.921. The van der Waals surface area contributed by atoms with Gasteiger partial charge in [-0.2, -0.15) is 0 Å². The summed E-state index contributed by atoms with van der Waals surface area (Å²) in [6.07, 6.45) is 1.43. The number of rotatable bonds is 4. The second kappa shape index (κ2) is 6.32. The Balaban J connectivity index is 1.86. The molecule has 0 atom stereocenters. The highest BCUT2D eigenvalue weighted by atomic mass is 16.5. The lowest BCUT2D eigenvalue weighted by Gasteiger charge is -2.07. The van der Waals surface area contributed by atoms with Crippen LogP contribution in [0.25, 0.3) is 5.69 Å². The summed E-state index contributed by atoms with van der Waals surface area (Å²) in [7, 11) is 1.28. The standard InChI is InChI=1S/C15H14N6O3/c1-9-6-12(13(17-9)15(23)24-2)18-14(22)10-4-3-5-11(7-10)21-8-16-19-20-21/h3-8,17H,1-2H3,(H,18,22). The first-order chi connectivity index (χ1) is 11.6. The fourth-order valence-electron chi connectivity index (χ4n) is 2.21. The molecule has 0 radical (unpaired) electrons. The van der Waals surface area contributed by atoms with Gasteiger partial charge < -0.3 is 15.0 Å². The molecular formula is C15H14N6O3. The van der Waals surface area contributed by atoms with E-state index in [1.54, 1.807) is 37.3 Å². The molecule has 2 aromatic heterocycles. The van der Waals surface area contributed by atoms with E-state index in [9.17, 15) is 9.59 Å². The number of H-pyrrole nitrogens is 1. The zero-order valence-corrected chi connectivity index (χ0v) is 13.0. The largest absolute Gasteiger partial charge is 0.464 e. The highest BCUT2D eigenvalue weighted by Gasteiger charge is 2.17. The molecule has 0 saturated heterocycles. The molecule has 0 bridgehead atoms. The molecule has 0 spiro atoms. The quantitative estimate of drug-likeness (QED) is 0.699. The number of anilines is 1. The number of aromatic amines is 1. The zero-order chi connectivity index (χ0) is 17.1. The van der Waals surface area contributed by atoms with E-state index in [2.05, 4.69) is 25.8 Å². The normalized spacial score (nSPS) is 10.4. The van der Waals surface area contributed by atoms with E-state index < -0.39 is 5.97 Å². The monoisotopic (exact) mass is 326 g/mol. The fraction of sp³-hybridized carbons (Fsp3) is 0.133. The lowest BCUT2D eigenvalue weighted by Crippen LogP contribution is -2.15. The van der Waals surface area contributed by atoms with Gasteiger partial charge in [0.2, 0.25) is 0 Å². The van der Waals surface area contributed by atoms with E-state index in [0.29, 0.717) is 16.9 Å². The van der Waals surface area contributed by atoms with Crippen molar-refractivity contribution < 1.29 is 14.3 Å². The molecule has 0 aliphatic heterocycles. The van der Waals surface area contributed by atoms with Gasteiger partial charge in [-0.15, -0.1) is 5.10 Å². The molecule has 122 valence electrons. The number of aromatic nitrogens is 5. The number of methoxy groups -OCH3 is 1. The number of aryl methyl sites for hydroxylation is 1. The molecule has 9 nitrogen and oxygen atoms in total. The Hall–Kier alpha value is -3.49. The first kappa shape index (κ1) is 15.4. The van der Waals surface area contributed by atoms with Crippen LogP contribution in [-0.2, 0) is 4.74 Å². The second-order valence-corrected chi connectivity index (χ2v) is 4.99. The number of nitrogens with zero attached hydrogens (tertiary/aromatic N) is 4. The van der Waals surface area contributed by atoms with Gasteiger partial charge in [0.25, 0.3) is 5.91 Å². The van der Waals surface area contributed by atoms with Crippen LogP contribution < -0.4 is 5.32 Å². The Labute approximate surface area is 136 Å². The second-order valence-electron chi connectivity index (χ2n) is 4.99. The van der Waals surface area contributed by atoms with Crippen molar-refractivity contribution in [1.29, 1.82) is 0 Å². The highest BCUT2D eigenvalue weighted by Crippen LogP contribution is 2.19. The van der Waals surface area contributed by atoms with Gasteiger partial charge in [0.15, 0.2) is 0 Å². The number of hydrogen-bond acceptors (Lipinski definition) is 6. The average Bonchev–Trinajstić information content (AvgIpc) is 3.24. The summed E-state index contributed by atoms with van der Waals surface area (Å²) in [5, 5.41) is 13.6. The Bertz CT molecular complexity index is 885. The Morgan fingerprint density at radius 1 is 1.29 bits per heavy atom. The third-order valence-corrected chi connectivity index (χ3v) is 3.31. The molecule has 1 aromatic carbocycles. The van der Waals surface area contributed by atoms with Crippen molar-refractivity contribution in [3.63, 3.8) is 0 Å². The third kappa shape index (κ3) is 3.00. The number of tetrazole rings is 1. The van der Waals surface area contributed by atoms with Crippen LogP contribution in [0.2, 0.25) is 0 Å². The van der Waals surface area contributed by atoms with Crippen molar-refractivity contribution in [1.82, 2.24) is 25.2 Å². The van der Waals surface area contributed by atoms with Crippen molar-refractivity contribution in [2.24, 2.45) is 0 Å². The van der Waals surface area contributed by atoms with E-state index in [-0.39, 0.29) is 11.6 Å². The number of carbonyl (C=O) groups excluding carboxylic acids is 2. The van der Waals surface area contributed by atoms with Crippen molar-refractivity contribution in [3.8, 4) is 5.69 Å². The summed E-state index contributed by atoms with van der Waals surface area (Å²) < 4.78 is 6.14. The van der Waals surface area contributed by atoms with E-state index in [1.807, 2.05) is 0 Å². The first-order valence-corrected chi connectivity index (χ1v) is 7.01. The van der Waals surface area contributed by atoms with Crippen LogP contribution in [-0.4, -0.2) is 44.2 Å².